The zero-order valence-corrected chi connectivity index (χ0v) is 18.1. The second kappa shape index (κ2) is 7.85. The highest BCUT2D eigenvalue weighted by Gasteiger charge is 2.17. The molecule has 2 aromatic carbocycles. The summed E-state index contributed by atoms with van der Waals surface area (Å²) in [5, 5.41) is 0. The van der Waals surface area contributed by atoms with E-state index in [0.717, 1.165) is 22.4 Å². The Kier molecular flexibility index (Phi) is 4.86. The molecule has 0 atom stereocenters. The van der Waals surface area contributed by atoms with Gasteiger partial charge >= 0.3 is 0 Å². The molecule has 32 heavy (non-hydrogen) atoms. The number of methoxy groups -OCH3 is 1. The van der Waals surface area contributed by atoms with Gasteiger partial charge in [0, 0.05) is 24.4 Å². The van der Waals surface area contributed by atoms with Gasteiger partial charge in [0.15, 0.2) is 0 Å². The number of ether oxygens (including phenoxy) is 1. The van der Waals surface area contributed by atoms with Crippen molar-refractivity contribution >= 4 is 11.0 Å². The monoisotopic (exact) mass is 426 g/mol. The Morgan fingerprint density at radius 1 is 1.06 bits per heavy atom. The van der Waals surface area contributed by atoms with Crippen LogP contribution in [0.3, 0.4) is 0 Å². The lowest BCUT2D eigenvalue weighted by Gasteiger charge is -2.05. The summed E-state index contributed by atoms with van der Waals surface area (Å²) in [5.74, 6) is 1.97. The SMILES string of the molecule is COc1cccc(-c2cn(C)c3c(=O)n(Cc4nc(-c5ccccc5)oc4C)cnc23)c1. The van der Waals surface area contributed by atoms with Crippen molar-refractivity contribution in [2.24, 2.45) is 7.05 Å². The van der Waals surface area contributed by atoms with Gasteiger partial charge in [-0.15, -0.1) is 0 Å². The quantitative estimate of drug-likeness (QED) is 0.416. The van der Waals surface area contributed by atoms with E-state index in [1.165, 1.54) is 0 Å². The summed E-state index contributed by atoms with van der Waals surface area (Å²) in [7, 11) is 3.49. The van der Waals surface area contributed by atoms with Crippen LogP contribution >= 0.6 is 0 Å². The average Bonchev–Trinajstić information content (AvgIpc) is 3.36. The summed E-state index contributed by atoms with van der Waals surface area (Å²) >= 11 is 0. The largest absolute Gasteiger partial charge is 0.497 e. The molecule has 0 fully saturated rings. The molecular formula is C25H22N4O3. The van der Waals surface area contributed by atoms with Crippen LogP contribution in [-0.4, -0.2) is 26.2 Å². The first-order valence-corrected chi connectivity index (χ1v) is 10.3. The van der Waals surface area contributed by atoms with E-state index in [0.29, 0.717) is 28.4 Å². The molecule has 0 radical (unpaired) electrons. The number of hydrogen-bond acceptors (Lipinski definition) is 5. The highest BCUT2D eigenvalue weighted by Crippen LogP contribution is 2.29. The zero-order chi connectivity index (χ0) is 22.2. The van der Waals surface area contributed by atoms with Gasteiger partial charge in [-0.2, -0.15) is 0 Å². The number of aromatic nitrogens is 4. The Balaban J connectivity index is 1.55. The Morgan fingerprint density at radius 2 is 1.84 bits per heavy atom. The van der Waals surface area contributed by atoms with Gasteiger partial charge < -0.3 is 13.7 Å². The Labute approximate surface area is 184 Å². The fourth-order valence-corrected chi connectivity index (χ4v) is 3.87. The normalized spacial score (nSPS) is 11.2. The fourth-order valence-electron chi connectivity index (χ4n) is 3.87. The van der Waals surface area contributed by atoms with E-state index in [1.54, 1.807) is 18.0 Å². The van der Waals surface area contributed by atoms with Crippen molar-refractivity contribution in [3.8, 4) is 28.3 Å². The predicted molar refractivity (Wildman–Crippen MR) is 123 cm³/mol. The maximum atomic E-state index is 13.3. The van der Waals surface area contributed by atoms with Gasteiger partial charge in [0.05, 0.1) is 20.0 Å². The molecular weight excluding hydrogens is 404 g/mol. The van der Waals surface area contributed by atoms with Crippen LogP contribution in [0.5, 0.6) is 5.75 Å². The number of aryl methyl sites for hydroxylation is 2. The molecule has 3 aromatic heterocycles. The minimum Gasteiger partial charge on any atom is -0.497 e. The van der Waals surface area contributed by atoms with E-state index in [-0.39, 0.29) is 12.1 Å². The Hall–Kier alpha value is -4.13. The van der Waals surface area contributed by atoms with Crippen molar-refractivity contribution in [3.63, 3.8) is 0 Å². The van der Waals surface area contributed by atoms with Crippen LogP contribution in [0.15, 0.2) is 76.3 Å². The van der Waals surface area contributed by atoms with Crippen LogP contribution < -0.4 is 10.3 Å². The van der Waals surface area contributed by atoms with Crippen molar-refractivity contribution in [1.29, 1.82) is 0 Å². The highest BCUT2D eigenvalue weighted by atomic mass is 16.5. The predicted octanol–water partition coefficient (Wildman–Crippen LogP) is 4.42. The molecule has 0 N–H and O–H groups in total. The van der Waals surface area contributed by atoms with Crippen LogP contribution in [-0.2, 0) is 13.6 Å². The number of rotatable bonds is 5. The Bertz CT molecular complexity index is 1480. The summed E-state index contributed by atoms with van der Waals surface area (Å²) in [6, 6.07) is 17.4. The number of hydrogen-bond donors (Lipinski definition) is 0. The van der Waals surface area contributed by atoms with E-state index >= 15 is 0 Å². The first-order chi connectivity index (χ1) is 15.5. The van der Waals surface area contributed by atoms with Crippen molar-refractivity contribution in [3.05, 3.63) is 88.9 Å². The molecule has 160 valence electrons. The van der Waals surface area contributed by atoms with E-state index in [4.69, 9.17) is 9.15 Å². The smallest absolute Gasteiger partial charge is 0.278 e. The maximum Gasteiger partial charge on any atom is 0.278 e. The van der Waals surface area contributed by atoms with Gasteiger partial charge in [-0.25, -0.2) is 9.97 Å². The first kappa shape index (κ1) is 19.8. The number of fused-ring (bicyclic) bond motifs is 1. The molecule has 0 unspecified atom stereocenters. The third-order valence-electron chi connectivity index (χ3n) is 5.56. The summed E-state index contributed by atoms with van der Waals surface area (Å²) in [4.78, 5) is 22.6. The van der Waals surface area contributed by atoms with Gasteiger partial charge in [0.25, 0.3) is 5.56 Å². The molecule has 0 aliphatic rings. The summed E-state index contributed by atoms with van der Waals surface area (Å²) in [5.41, 5.74) is 4.49. The van der Waals surface area contributed by atoms with Crippen molar-refractivity contribution < 1.29 is 9.15 Å². The minimum absolute atomic E-state index is 0.129. The number of nitrogens with zero attached hydrogens (tertiary/aromatic N) is 4. The molecule has 0 bridgehead atoms. The fraction of sp³-hybridized carbons (Fsp3) is 0.160. The highest BCUT2D eigenvalue weighted by molar-refractivity contribution is 5.92. The lowest BCUT2D eigenvalue weighted by atomic mass is 10.1. The second-order valence-corrected chi connectivity index (χ2v) is 7.65. The molecule has 0 aliphatic heterocycles. The van der Waals surface area contributed by atoms with Gasteiger partial charge in [-0.3, -0.25) is 9.36 Å². The van der Waals surface area contributed by atoms with Crippen molar-refractivity contribution in [2.75, 3.05) is 7.11 Å². The first-order valence-electron chi connectivity index (χ1n) is 10.3. The number of oxazole rings is 1. The minimum atomic E-state index is -0.129. The average molecular weight is 426 g/mol. The van der Waals surface area contributed by atoms with Crippen LogP contribution in [0.1, 0.15) is 11.5 Å². The van der Waals surface area contributed by atoms with Crippen LogP contribution in [0.25, 0.3) is 33.6 Å². The van der Waals surface area contributed by atoms with E-state index in [9.17, 15) is 4.79 Å². The van der Waals surface area contributed by atoms with E-state index in [2.05, 4.69) is 9.97 Å². The summed E-state index contributed by atoms with van der Waals surface area (Å²) in [6.07, 6.45) is 3.50. The lowest BCUT2D eigenvalue weighted by Crippen LogP contribution is -2.23. The standard InChI is InChI=1S/C25H22N4O3/c1-16-21(27-24(32-16)17-8-5-4-6-9-17)14-29-15-26-22-20(13-28(2)23(22)25(29)30)18-10-7-11-19(12-18)31-3/h4-13,15H,14H2,1-3H3. The van der Waals surface area contributed by atoms with Crippen LogP contribution in [0.4, 0.5) is 0 Å². The Morgan fingerprint density at radius 3 is 2.62 bits per heavy atom. The third-order valence-corrected chi connectivity index (χ3v) is 5.56. The molecule has 0 saturated carbocycles. The van der Waals surface area contributed by atoms with Crippen LogP contribution in [0, 0.1) is 6.92 Å². The van der Waals surface area contributed by atoms with Crippen molar-refractivity contribution in [1.82, 2.24) is 19.1 Å². The van der Waals surface area contributed by atoms with Crippen LogP contribution in [0.2, 0.25) is 0 Å². The molecule has 3 heterocycles. The second-order valence-electron chi connectivity index (χ2n) is 7.65. The van der Waals surface area contributed by atoms with Gasteiger partial charge in [-0.1, -0.05) is 30.3 Å². The maximum absolute atomic E-state index is 13.3. The lowest BCUT2D eigenvalue weighted by molar-refractivity contribution is 0.415. The van der Waals surface area contributed by atoms with Gasteiger partial charge in [-0.05, 0) is 36.8 Å². The summed E-state index contributed by atoms with van der Waals surface area (Å²) in [6.45, 7) is 2.14. The third kappa shape index (κ3) is 3.37. The molecule has 0 amide bonds. The molecule has 5 aromatic rings. The topological polar surface area (TPSA) is 75.1 Å². The molecule has 7 heteroatoms. The molecule has 0 aliphatic carbocycles. The van der Waals surface area contributed by atoms with E-state index < -0.39 is 0 Å². The van der Waals surface area contributed by atoms with Gasteiger partial charge in [0.2, 0.25) is 5.89 Å². The molecule has 5 rings (SSSR count). The summed E-state index contributed by atoms with van der Waals surface area (Å²) < 4.78 is 14.6. The van der Waals surface area contributed by atoms with Crippen molar-refractivity contribution in [2.45, 2.75) is 13.5 Å². The molecule has 0 spiro atoms. The zero-order valence-electron chi connectivity index (χ0n) is 18.1. The molecule has 7 nitrogen and oxygen atoms in total. The van der Waals surface area contributed by atoms with Gasteiger partial charge in [0.1, 0.15) is 28.2 Å². The van der Waals surface area contributed by atoms with E-state index in [1.807, 2.05) is 79.3 Å². The number of benzene rings is 2. The molecule has 0 saturated heterocycles.